The minimum Gasteiger partial charge on any atom is -0.478 e. The first-order valence-corrected chi connectivity index (χ1v) is 13.3. The number of methoxy groups -OCH3 is 1. The largest absolute Gasteiger partial charge is 0.478 e. The van der Waals surface area contributed by atoms with Crippen molar-refractivity contribution >= 4 is 17.0 Å². The van der Waals surface area contributed by atoms with Gasteiger partial charge in [0.25, 0.3) is 0 Å². The second-order valence-electron chi connectivity index (χ2n) is 9.97. The van der Waals surface area contributed by atoms with E-state index in [4.69, 9.17) is 15.2 Å². The van der Waals surface area contributed by atoms with Crippen molar-refractivity contribution in [1.82, 2.24) is 14.5 Å². The number of pyridine rings is 1. The highest BCUT2D eigenvalue weighted by Gasteiger charge is 2.19. The summed E-state index contributed by atoms with van der Waals surface area (Å²) in [6, 6.07) is 19.6. The lowest BCUT2D eigenvalue weighted by Crippen LogP contribution is -2.28. The Kier molecular flexibility index (Phi) is 8.56. The maximum absolute atomic E-state index is 15.5. The van der Waals surface area contributed by atoms with Crippen molar-refractivity contribution in [2.24, 2.45) is 5.73 Å². The van der Waals surface area contributed by atoms with E-state index >= 15 is 4.39 Å². The van der Waals surface area contributed by atoms with Crippen LogP contribution in [0.5, 0.6) is 5.88 Å². The van der Waals surface area contributed by atoms with Gasteiger partial charge in [-0.2, -0.15) is 0 Å². The molecule has 10 heteroatoms. The summed E-state index contributed by atoms with van der Waals surface area (Å²) in [5.41, 5.74) is 9.84. The molecule has 8 nitrogen and oxygen atoms in total. The summed E-state index contributed by atoms with van der Waals surface area (Å²) >= 11 is 0. The molecule has 0 unspecified atom stereocenters. The number of rotatable bonds is 11. The summed E-state index contributed by atoms with van der Waals surface area (Å²) in [7, 11) is 1.55. The maximum Gasteiger partial charge on any atom is 0.335 e. The third-order valence-corrected chi connectivity index (χ3v) is 7.06. The van der Waals surface area contributed by atoms with Crippen molar-refractivity contribution in [2.75, 3.05) is 13.7 Å². The number of hydrogen-bond donors (Lipinski definition) is 2. The Morgan fingerprint density at radius 2 is 1.79 bits per heavy atom. The highest BCUT2D eigenvalue weighted by molar-refractivity contribution is 5.92. The molecule has 1 atom stereocenters. The van der Waals surface area contributed by atoms with Gasteiger partial charge in [-0.3, -0.25) is 0 Å². The molecule has 0 aliphatic heterocycles. The molecule has 5 aromatic rings. The number of imidazole rings is 1. The Balaban J connectivity index is 1.39. The van der Waals surface area contributed by atoms with E-state index in [0.717, 1.165) is 5.56 Å². The fourth-order valence-corrected chi connectivity index (χ4v) is 4.69. The van der Waals surface area contributed by atoms with Crippen LogP contribution in [0.1, 0.15) is 32.9 Å². The molecule has 0 radical (unpaired) electrons. The van der Waals surface area contributed by atoms with Gasteiger partial charge in [-0.1, -0.05) is 30.3 Å². The topological polar surface area (TPSA) is 112 Å². The molecule has 0 bridgehead atoms. The number of benzene rings is 3. The first kappa shape index (κ1) is 28.8. The van der Waals surface area contributed by atoms with E-state index in [1.54, 1.807) is 55.6 Å². The Labute approximate surface area is 241 Å². The molecule has 0 saturated heterocycles. The van der Waals surface area contributed by atoms with Gasteiger partial charge in [0.2, 0.25) is 5.88 Å². The van der Waals surface area contributed by atoms with Gasteiger partial charge < -0.3 is 24.9 Å². The van der Waals surface area contributed by atoms with E-state index in [0.29, 0.717) is 51.7 Å². The van der Waals surface area contributed by atoms with Crippen molar-refractivity contribution < 1.29 is 28.2 Å². The molecule has 216 valence electrons. The average Bonchev–Trinajstić information content (AvgIpc) is 3.32. The van der Waals surface area contributed by atoms with Crippen molar-refractivity contribution in [3.05, 3.63) is 113 Å². The van der Waals surface area contributed by atoms with Crippen LogP contribution in [0.25, 0.3) is 22.3 Å². The standard InChI is InChI=1S/C32H30F2N4O4/c1-19-6-7-23(25(33)12-19)18-42-31-5-3-4-27(37-31)21-9-8-20(26(34)13-21)15-30-36-28-11-10-22(32(39)40)14-29(28)38(30)17-24(16-35)41-2/h3-14,24H,15-18,35H2,1-2H3,(H,39,40)/t24-/m0/s1. The molecule has 0 spiro atoms. The van der Waals surface area contributed by atoms with Gasteiger partial charge in [0.15, 0.2) is 0 Å². The number of aromatic nitrogens is 3. The Bertz CT molecular complexity index is 1750. The van der Waals surface area contributed by atoms with Crippen molar-refractivity contribution in [1.29, 1.82) is 0 Å². The number of aromatic carboxylic acids is 1. The molecule has 3 aromatic carbocycles. The zero-order valence-electron chi connectivity index (χ0n) is 23.2. The van der Waals surface area contributed by atoms with Gasteiger partial charge in [0.05, 0.1) is 34.9 Å². The number of carbonyl (C=O) groups is 1. The normalized spacial score (nSPS) is 12.0. The van der Waals surface area contributed by atoms with Crippen LogP contribution in [-0.4, -0.2) is 45.4 Å². The zero-order valence-corrected chi connectivity index (χ0v) is 23.2. The second kappa shape index (κ2) is 12.5. The number of halogens is 2. The highest BCUT2D eigenvalue weighted by atomic mass is 19.1. The van der Waals surface area contributed by atoms with Crippen LogP contribution in [0.3, 0.4) is 0 Å². The van der Waals surface area contributed by atoms with Gasteiger partial charge >= 0.3 is 5.97 Å². The number of ether oxygens (including phenoxy) is 2. The Morgan fingerprint density at radius 1 is 1.00 bits per heavy atom. The molecule has 0 amide bonds. The van der Waals surface area contributed by atoms with Crippen LogP contribution < -0.4 is 10.5 Å². The highest BCUT2D eigenvalue weighted by Crippen LogP contribution is 2.26. The number of hydrogen-bond acceptors (Lipinski definition) is 6. The Hall–Kier alpha value is -4.67. The number of aryl methyl sites for hydroxylation is 1. The molecule has 0 saturated carbocycles. The third-order valence-electron chi connectivity index (χ3n) is 7.06. The first-order valence-electron chi connectivity index (χ1n) is 13.3. The van der Waals surface area contributed by atoms with E-state index in [1.807, 2.05) is 17.6 Å². The van der Waals surface area contributed by atoms with Crippen molar-refractivity contribution in [2.45, 2.75) is 32.6 Å². The minimum atomic E-state index is -1.06. The van der Waals surface area contributed by atoms with E-state index < -0.39 is 11.8 Å². The molecule has 2 aromatic heterocycles. The summed E-state index contributed by atoms with van der Waals surface area (Å²) < 4.78 is 42.6. The fraction of sp³-hybridized carbons (Fsp3) is 0.219. The third kappa shape index (κ3) is 6.29. The first-order chi connectivity index (χ1) is 20.2. The zero-order chi connectivity index (χ0) is 29.8. The van der Waals surface area contributed by atoms with Crippen LogP contribution >= 0.6 is 0 Å². The van der Waals surface area contributed by atoms with E-state index in [9.17, 15) is 14.3 Å². The van der Waals surface area contributed by atoms with Gasteiger partial charge in [-0.05, 0) is 54.4 Å². The predicted molar refractivity (Wildman–Crippen MR) is 154 cm³/mol. The van der Waals surface area contributed by atoms with E-state index in [-0.39, 0.29) is 37.1 Å². The van der Waals surface area contributed by atoms with Crippen LogP contribution in [0, 0.1) is 18.6 Å². The number of nitrogens with zero attached hydrogens (tertiary/aromatic N) is 3. The van der Waals surface area contributed by atoms with Crippen LogP contribution in [0.4, 0.5) is 8.78 Å². The summed E-state index contributed by atoms with van der Waals surface area (Å²) in [6.45, 7) is 2.39. The number of carboxylic acid groups (broad SMARTS) is 1. The monoisotopic (exact) mass is 572 g/mol. The van der Waals surface area contributed by atoms with Crippen molar-refractivity contribution in [3.8, 4) is 17.1 Å². The predicted octanol–water partition coefficient (Wildman–Crippen LogP) is 5.53. The molecule has 2 heterocycles. The van der Waals surface area contributed by atoms with Crippen molar-refractivity contribution in [3.63, 3.8) is 0 Å². The minimum absolute atomic E-state index is 0.0128. The smallest absolute Gasteiger partial charge is 0.335 e. The van der Waals surface area contributed by atoms with Crippen LogP contribution in [-0.2, 0) is 24.3 Å². The lowest BCUT2D eigenvalue weighted by molar-refractivity contribution is 0.0697. The summed E-state index contributed by atoms with van der Waals surface area (Å²) in [5.74, 6) is -1.01. The van der Waals surface area contributed by atoms with Gasteiger partial charge in [-0.15, -0.1) is 0 Å². The quantitative estimate of drug-likeness (QED) is 0.214. The molecule has 0 fully saturated rings. The van der Waals surface area contributed by atoms with Gasteiger partial charge in [-0.25, -0.2) is 23.5 Å². The van der Waals surface area contributed by atoms with Crippen LogP contribution in [0.2, 0.25) is 0 Å². The second-order valence-corrected chi connectivity index (χ2v) is 9.97. The molecule has 42 heavy (non-hydrogen) atoms. The lowest BCUT2D eigenvalue weighted by Gasteiger charge is -2.17. The fourth-order valence-electron chi connectivity index (χ4n) is 4.69. The van der Waals surface area contributed by atoms with Gasteiger partial charge in [0, 0.05) is 37.3 Å². The maximum atomic E-state index is 15.5. The average molecular weight is 573 g/mol. The lowest BCUT2D eigenvalue weighted by atomic mass is 10.1. The summed E-state index contributed by atoms with van der Waals surface area (Å²) in [6.07, 6.45) is -0.187. The van der Waals surface area contributed by atoms with Crippen LogP contribution in [0.15, 0.2) is 72.8 Å². The van der Waals surface area contributed by atoms with Gasteiger partial charge in [0.1, 0.15) is 24.1 Å². The number of carboxylic acids is 1. The molecule has 0 aliphatic carbocycles. The Morgan fingerprint density at radius 3 is 2.50 bits per heavy atom. The summed E-state index contributed by atoms with van der Waals surface area (Å²) in [4.78, 5) is 20.7. The SMILES string of the molecule is CO[C@@H](CN)Cn1c(Cc2ccc(-c3cccc(OCc4ccc(C)cc4F)n3)cc2F)nc2ccc(C(=O)O)cc21. The number of nitrogens with two attached hydrogens (primary N) is 1. The summed E-state index contributed by atoms with van der Waals surface area (Å²) in [5, 5.41) is 9.48. The molecule has 0 aliphatic rings. The molecular weight excluding hydrogens is 542 g/mol. The number of fused-ring (bicyclic) bond motifs is 1. The molecular formula is C32H30F2N4O4. The molecule has 3 N–H and O–H groups in total. The molecule has 5 rings (SSSR count). The van der Waals surface area contributed by atoms with E-state index in [2.05, 4.69) is 9.97 Å². The van der Waals surface area contributed by atoms with E-state index in [1.165, 1.54) is 18.2 Å².